The number of anilines is 1. The van der Waals surface area contributed by atoms with Crippen LogP contribution in [0, 0.1) is 17.5 Å². The second-order valence-electron chi connectivity index (χ2n) is 10.2. The molecule has 7 nitrogen and oxygen atoms in total. The van der Waals surface area contributed by atoms with Gasteiger partial charge in [-0.3, -0.25) is 13.9 Å². The Hall–Kier alpha value is -3.86. The van der Waals surface area contributed by atoms with Gasteiger partial charge in [0.2, 0.25) is 21.8 Å². The molecule has 42 heavy (non-hydrogen) atoms. The molecule has 2 atom stereocenters. The van der Waals surface area contributed by atoms with Gasteiger partial charge in [0.15, 0.2) is 11.6 Å². The average Bonchev–Trinajstić information content (AvgIpc) is 2.95. The molecule has 0 aromatic heterocycles. The van der Waals surface area contributed by atoms with Gasteiger partial charge in [0.05, 0.1) is 11.9 Å². The molecule has 3 rings (SSSR count). The molecular weight excluding hydrogens is 567 g/mol. The summed E-state index contributed by atoms with van der Waals surface area (Å²) in [6.45, 7) is 3.37. The highest BCUT2D eigenvalue weighted by Gasteiger charge is 2.31. The maximum Gasteiger partial charge on any atom is 0.243 e. The average molecular weight is 604 g/mol. The van der Waals surface area contributed by atoms with E-state index in [1.807, 2.05) is 44.2 Å². The maximum absolute atomic E-state index is 14.7. The van der Waals surface area contributed by atoms with Crippen molar-refractivity contribution in [3.8, 4) is 0 Å². The minimum atomic E-state index is -3.90. The second-order valence-corrected chi connectivity index (χ2v) is 12.1. The Kier molecular flexibility index (Phi) is 11.6. The van der Waals surface area contributed by atoms with E-state index in [9.17, 15) is 31.2 Å². The molecule has 0 aliphatic carbocycles. The van der Waals surface area contributed by atoms with E-state index in [1.54, 1.807) is 6.07 Å². The number of halogens is 3. The van der Waals surface area contributed by atoms with E-state index in [-0.39, 0.29) is 49.6 Å². The zero-order chi connectivity index (χ0) is 30.9. The first kappa shape index (κ1) is 32.7. The van der Waals surface area contributed by atoms with Crippen LogP contribution < -0.4 is 9.62 Å². The summed E-state index contributed by atoms with van der Waals surface area (Å²) in [7, 11) is -3.90. The summed E-state index contributed by atoms with van der Waals surface area (Å²) in [6.07, 6.45) is 1.58. The van der Waals surface area contributed by atoms with Gasteiger partial charge in [-0.05, 0) is 43.5 Å². The molecule has 0 saturated heterocycles. The van der Waals surface area contributed by atoms with E-state index in [0.717, 1.165) is 34.3 Å². The zero-order valence-electron chi connectivity index (χ0n) is 23.9. The fourth-order valence-corrected chi connectivity index (χ4v) is 5.41. The quantitative estimate of drug-likeness (QED) is 0.274. The first-order valence-corrected chi connectivity index (χ1v) is 15.6. The maximum atomic E-state index is 14.7. The largest absolute Gasteiger partial charge is 0.352 e. The number of sulfonamides is 1. The van der Waals surface area contributed by atoms with Crippen molar-refractivity contribution in [1.82, 2.24) is 10.2 Å². The third kappa shape index (κ3) is 9.07. The number of hydrogen-bond donors (Lipinski definition) is 1. The molecule has 0 bridgehead atoms. The lowest BCUT2D eigenvalue weighted by atomic mass is 10.0. The number of nitrogens with one attached hydrogen (secondary N) is 1. The van der Waals surface area contributed by atoms with Crippen LogP contribution >= 0.6 is 0 Å². The molecule has 2 amide bonds. The highest BCUT2D eigenvalue weighted by atomic mass is 32.2. The van der Waals surface area contributed by atoms with Crippen LogP contribution in [-0.4, -0.2) is 50.0 Å². The van der Waals surface area contributed by atoms with Gasteiger partial charge in [0.1, 0.15) is 11.9 Å². The number of rotatable bonds is 14. The van der Waals surface area contributed by atoms with Crippen LogP contribution in [0.1, 0.15) is 44.2 Å². The monoisotopic (exact) mass is 603 g/mol. The van der Waals surface area contributed by atoms with Crippen LogP contribution in [0.3, 0.4) is 0 Å². The highest BCUT2D eigenvalue weighted by molar-refractivity contribution is 7.92. The molecule has 11 heteroatoms. The lowest BCUT2D eigenvalue weighted by Gasteiger charge is -2.32. The normalized spacial score (nSPS) is 12.8. The van der Waals surface area contributed by atoms with E-state index in [2.05, 4.69) is 5.32 Å². The van der Waals surface area contributed by atoms with Gasteiger partial charge < -0.3 is 10.2 Å². The fourth-order valence-electron chi connectivity index (χ4n) is 4.45. The Morgan fingerprint density at radius 1 is 0.905 bits per heavy atom. The summed E-state index contributed by atoms with van der Waals surface area (Å²) < 4.78 is 67.9. The summed E-state index contributed by atoms with van der Waals surface area (Å²) in [5, 5.41) is 2.93. The predicted molar refractivity (Wildman–Crippen MR) is 157 cm³/mol. The lowest BCUT2D eigenvalue weighted by Crippen LogP contribution is -2.52. The van der Waals surface area contributed by atoms with Crippen LogP contribution in [0.15, 0.2) is 72.8 Å². The van der Waals surface area contributed by atoms with Gasteiger partial charge in [0, 0.05) is 43.6 Å². The van der Waals surface area contributed by atoms with Crippen LogP contribution in [0.4, 0.5) is 18.9 Å². The van der Waals surface area contributed by atoms with E-state index in [4.69, 9.17) is 0 Å². The summed E-state index contributed by atoms with van der Waals surface area (Å²) in [5.41, 5.74) is 0.941. The van der Waals surface area contributed by atoms with Gasteiger partial charge in [-0.2, -0.15) is 0 Å². The fraction of sp³-hybridized carbons (Fsp3) is 0.355. The molecule has 0 spiro atoms. The van der Waals surface area contributed by atoms with Crippen LogP contribution in [-0.2, 0) is 32.6 Å². The van der Waals surface area contributed by atoms with Crippen molar-refractivity contribution in [2.75, 3.05) is 17.1 Å². The standard InChI is InChI=1S/C31H36F3N3O4S/c1-4-22(2)35-31(39)29(19-23-11-6-5-7-12-23)36(21-24-13-8-9-14-26(24)32)30(38)15-10-18-37(42(3,40)41)25-16-17-27(33)28(34)20-25/h5-9,11-14,16-17,20,22,29H,4,10,15,18-19,21H2,1-3H3,(H,35,39). The van der Waals surface area contributed by atoms with Crippen molar-refractivity contribution in [1.29, 1.82) is 0 Å². The van der Waals surface area contributed by atoms with E-state index in [0.29, 0.717) is 6.42 Å². The van der Waals surface area contributed by atoms with Gasteiger partial charge in [-0.1, -0.05) is 55.5 Å². The van der Waals surface area contributed by atoms with Gasteiger partial charge in [-0.15, -0.1) is 0 Å². The molecule has 0 radical (unpaired) electrons. The Labute approximate surface area is 245 Å². The molecule has 1 N–H and O–H groups in total. The number of amides is 2. The number of hydrogen-bond acceptors (Lipinski definition) is 4. The van der Waals surface area contributed by atoms with Crippen molar-refractivity contribution >= 4 is 27.5 Å². The number of carbonyl (C=O) groups excluding carboxylic acids is 2. The van der Waals surface area contributed by atoms with Crippen molar-refractivity contribution in [2.45, 2.75) is 58.2 Å². The van der Waals surface area contributed by atoms with Crippen LogP contribution in [0.2, 0.25) is 0 Å². The molecule has 0 fully saturated rings. The van der Waals surface area contributed by atoms with Crippen LogP contribution in [0.25, 0.3) is 0 Å². The molecule has 226 valence electrons. The van der Waals surface area contributed by atoms with E-state index < -0.39 is 45.3 Å². The summed E-state index contributed by atoms with van der Waals surface area (Å²) in [5.74, 6) is -3.73. The van der Waals surface area contributed by atoms with Crippen molar-refractivity contribution in [3.05, 3.63) is 101 Å². The van der Waals surface area contributed by atoms with Crippen molar-refractivity contribution in [2.24, 2.45) is 0 Å². The van der Waals surface area contributed by atoms with Gasteiger partial charge >= 0.3 is 0 Å². The van der Waals surface area contributed by atoms with Gasteiger partial charge in [0.25, 0.3) is 0 Å². The molecule has 0 heterocycles. The first-order chi connectivity index (χ1) is 19.9. The summed E-state index contributed by atoms with van der Waals surface area (Å²) >= 11 is 0. The second kappa shape index (κ2) is 14.9. The predicted octanol–water partition coefficient (Wildman–Crippen LogP) is 5.20. The molecule has 0 aliphatic rings. The summed E-state index contributed by atoms with van der Waals surface area (Å²) in [6, 6.07) is 16.7. The highest BCUT2D eigenvalue weighted by Crippen LogP contribution is 2.22. The Balaban J connectivity index is 1.91. The number of carbonyl (C=O) groups is 2. The third-order valence-corrected chi connectivity index (χ3v) is 8.11. The Morgan fingerprint density at radius 2 is 1.57 bits per heavy atom. The number of nitrogens with zero attached hydrogens (tertiary/aromatic N) is 2. The minimum absolute atomic E-state index is 0.00368. The van der Waals surface area contributed by atoms with Crippen LogP contribution in [0.5, 0.6) is 0 Å². The smallest absolute Gasteiger partial charge is 0.243 e. The third-order valence-electron chi connectivity index (χ3n) is 6.91. The lowest BCUT2D eigenvalue weighted by molar-refractivity contribution is -0.141. The summed E-state index contributed by atoms with van der Waals surface area (Å²) in [4.78, 5) is 28.6. The van der Waals surface area contributed by atoms with Gasteiger partial charge in [-0.25, -0.2) is 21.6 Å². The van der Waals surface area contributed by atoms with E-state index >= 15 is 0 Å². The van der Waals surface area contributed by atoms with Crippen molar-refractivity contribution in [3.63, 3.8) is 0 Å². The molecule has 0 saturated carbocycles. The topological polar surface area (TPSA) is 86.8 Å². The molecule has 3 aromatic carbocycles. The first-order valence-electron chi connectivity index (χ1n) is 13.7. The molecular formula is C31H36F3N3O4S. The minimum Gasteiger partial charge on any atom is -0.352 e. The molecule has 0 aliphatic heterocycles. The molecule has 2 unspecified atom stereocenters. The number of benzene rings is 3. The zero-order valence-corrected chi connectivity index (χ0v) is 24.7. The Morgan fingerprint density at radius 3 is 2.19 bits per heavy atom. The molecule has 3 aromatic rings. The Bertz CT molecular complexity index is 1470. The van der Waals surface area contributed by atoms with E-state index in [1.165, 1.54) is 23.1 Å². The SMILES string of the molecule is CCC(C)NC(=O)C(Cc1ccccc1)N(Cc1ccccc1F)C(=O)CCCN(c1ccc(F)c(F)c1)S(C)(=O)=O. The van der Waals surface area contributed by atoms with Crippen molar-refractivity contribution < 1.29 is 31.2 Å².